The van der Waals surface area contributed by atoms with Crippen molar-refractivity contribution in [3.8, 4) is 0 Å². The SMILES string of the molecule is COC(=O)C(c1ccccc1Cl)N1CCc2cc(N)sc2C1. The number of ether oxygens (including phenoxy) is 1. The summed E-state index contributed by atoms with van der Waals surface area (Å²) < 4.78 is 5.01. The first kappa shape index (κ1) is 15.3. The Hall–Kier alpha value is -1.56. The molecule has 22 heavy (non-hydrogen) atoms. The molecule has 1 aliphatic heterocycles. The average molecular weight is 337 g/mol. The van der Waals surface area contributed by atoms with E-state index in [9.17, 15) is 4.79 Å². The molecule has 116 valence electrons. The molecule has 0 fully saturated rings. The van der Waals surface area contributed by atoms with Crippen LogP contribution >= 0.6 is 22.9 Å². The number of hydrogen-bond donors (Lipinski definition) is 1. The molecule has 1 atom stereocenters. The molecule has 1 unspecified atom stereocenters. The maximum absolute atomic E-state index is 12.3. The van der Waals surface area contributed by atoms with E-state index in [1.165, 1.54) is 17.6 Å². The van der Waals surface area contributed by atoms with Gasteiger partial charge in [0.1, 0.15) is 6.04 Å². The van der Waals surface area contributed by atoms with E-state index in [0.29, 0.717) is 11.6 Å². The van der Waals surface area contributed by atoms with Crippen LogP contribution in [-0.2, 0) is 22.5 Å². The van der Waals surface area contributed by atoms with E-state index in [1.54, 1.807) is 17.4 Å². The van der Waals surface area contributed by atoms with Crippen LogP contribution in [0.15, 0.2) is 30.3 Å². The van der Waals surface area contributed by atoms with Crippen molar-refractivity contribution in [3.05, 3.63) is 51.4 Å². The maximum atomic E-state index is 12.3. The van der Waals surface area contributed by atoms with Gasteiger partial charge in [-0.3, -0.25) is 4.90 Å². The van der Waals surface area contributed by atoms with Gasteiger partial charge in [-0.2, -0.15) is 0 Å². The standard InChI is InChI=1S/C16H17ClN2O2S/c1-21-16(20)15(11-4-2-3-5-12(11)17)19-7-6-10-8-14(18)22-13(10)9-19/h2-5,8,15H,6-7,9,18H2,1H3. The van der Waals surface area contributed by atoms with Gasteiger partial charge >= 0.3 is 5.97 Å². The summed E-state index contributed by atoms with van der Waals surface area (Å²) in [6.45, 7) is 1.45. The van der Waals surface area contributed by atoms with Gasteiger partial charge in [0.25, 0.3) is 0 Å². The first-order valence-electron chi connectivity index (χ1n) is 7.03. The van der Waals surface area contributed by atoms with Crippen molar-refractivity contribution in [2.45, 2.75) is 19.0 Å². The summed E-state index contributed by atoms with van der Waals surface area (Å²) in [6.07, 6.45) is 0.876. The third-order valence-electron chi connectivity index (χ3n) is 3.92. The Bertz CT molecular complexity index is 701. The number of esters is 1. The summed E-state index contributed by atoms with van der Waals surface area (Å²) >= 11 is 7.87. The summed E-state index contributed by atoms with van der Waals surface area (Å²) in [5.74, 6) is -0.291. The molecule has 0 amide bonds. The fourth-order valence-corrected chi connectivity index (χ4v) is 4.11. The lowest BCUT2D eigenvalue weighted by molar-refractivity contribution is -0.147. The van der Waals surface area contributed by atoms with Crippen LogP contribution < -0.4 is 5.73 Å². The van der Waals surface area contributed by atoms with Crippen molar-refractivity contribution in [2.24, 2.45) is 0 Å². The van der Waals surface area contributed by atoms with Crippen LogP contribution in [0.4, 0.5) is 5.00 Å². The van der Waals surface area contributed by atoms with E-state index in [-0.39, 0.29) is 5.97 Å². The van der Waals surface area contributed by atoms with E-state index in [4.69, 9.17) is 22.1 Å². The molecule has 2 heterocycles. The third kappa shape index (κ3) is 2.84. The Morgan fingerprint density at radius 1 is 1.45 bits per heavy atom. The Kier molecular flexibility index (Phi) is 4.38. The highest BCUT2D eigenvalue weighted by Gasteiger charge is 2.33. The molecule has 1 aromatic heterocycles. The minimum Gasteiger partial charge on any atom is -0.468 e. The highest BCUT2D eigenvalue weighted by atomic mass is 35.5. The summed E-state index contributed by atoms with van der Waals surface area (Å²) in [5, 5.41) is 1.40. The topological polar surface area (TPSA) is 55.6 Å². The minimum atomic E-state index is -0.491. The molecule has 4 nitrogen and oxygen atoms in total. The Morgan fingerprint density at radius 2 is 2.23 bits per heavy atom. The molecular weight excluding hydrogens is 320 g/mol. The molecule has 2 N–H and O–H groups in total. The lowest BCUT2D eigenvalue weighted by Gasteiger charge is -2.33. The number of carbonyl (C=O) groups is 1. The average Bonchev–Trinajstić information content (AvgIpc) is 2.88. The van der Waals surface area contributed by atoms with Crippen LogP contribution in [-0.4, -0.2) is 24.5 Å². The lowest BCUT2D eigenvalue weighted by atomic mass is 10.0. The molecule has 6 heteroatoms. The van der Waals surface area contributed by atoms with Crippen molar-refractivity contribution < 1.29 is 9.53 Å². The number of anilines is 1. The number of carbonyl (C=O) groups excluding carboxylic acids is 1. The highest BCUT2D eigenvalue weighted by molar-refractivity contribution is 7.16. The number of rotatable bonds is 3. The zero-order valence-electron chi connectivity index (χ0n) is 12.2. The van der Waals surface area contributed by atoms with E-state index in [2.05, 4.69) is 4.90 Å². The van der Waals surface area contributed by atoms with Gasteiger partial charge in [-0.05, 0) is 29.7 Å². The summed E-state index contributed by atoms with van der Waals surface area (Å²) in [7, 11) is 1.41. The predicted octanol–water partition coefficient (Wildman–Crippen LogP) is 3.26. The van der Waals surface area contributed by atoms with Crippen molar-refractivity contribution in [2.75, 3.05) is 19.4 Å². The number of nitrogens with zero attached hydrogens (tertiary/aromatic N) is 1. The molecule has 2 aromatic rings. The number of nitrogens with two attached hydrogens (primary N) is 1. The number of methoxy groups -OCH3 is 1. The second kappa shape index (κ2) is 6.28. The molecule has 3 rings (SSSR count). The van der Waals surface area contributed by atoms with Gasteiger partial charge in [-0.15, -0.1) is 11.3 Å². The van der Waals surface area contributed by atoms with Gasteiger partial charge in [0.15, 0.2) is 0 Å². The Labute approximate surface area is 138 Å². The van der Waals surface area contributed by atoms with Gasteiger partial charge in [0.05, 0.1) is 12.1 Å². The second-order valence-electron chi connectivity index (χ2n) is 5.26. The molecule has 0 bridgehead atoms. The fourth-order valence-electron chi connectivity index (χ4n) is 2.86. The number of benzene rings is 1. The molecule has 0 aliphatic carbocycles. The monoisotopic (exact) mass is 336 g/mol. The van der Waals surface area contributed by atoms with Crippen LogP contribution in [0, 0.1) is 0 Å². The molecule has 0 radical (unpaired) electrons. The zero-order chi connectivity index (χ0) is 15.7. The summed E-state index contributed by atoms with van der Waals surface area (Å²) in [5.41, 5.74) is 7.95. The van der Waals surface area contributed by atoms with Crippen LogP contribution in [0.2, 0.25) is 5.02 Å². The molecular formula is C16H17ClN2O2S. The quantitative estimate of drug-likeness (QED) is 0.874. The maximum Gasteiger partial charge on any atom is 0.327 e. The fraction of sp³-hybridized carbons (Fsp3) is 0.312. The van der Waals surface area contributed by atoms with E-state index in [1.807, 2.05) is 24.3 Å². The zero-order valence-corrected chi connectivity index (χ0v) is 13.8. The molecule has 1 aromatic carbocycles. The number of thiophene rings is 1. The molecule has 1 aliphatic rings. The summed E-state index contributed by atoms with van der Waals surface area (Å²) in [4.78, 5) is 15.7. The van der Waals surface area contributed by atoms with Crippen LogP contribution in [0.5, 0.6) is 0 Å². The van der Waals surface area contributed by atoms with Crippen molar-refractivity contribution >= 4 is 33.9 Å². The van der Waals surface area contributed by atoms with E-state index < -0.39 is 6.04 Å². The van der Waals surface area contributed by atoms with Crippen molar-refractivity contribution in [3.63, 3.8) is 0 Å². The number of fused-ring (bicyclic) bond motifs is 1. The van der Waals surface area contributed by atoms with Gasteiger partial charge < -0.3 is 10.5 Å². The van der Waals surface area contributed by atoms with E-state index >= 15 is 0 Å². The predicted molar refractivity (Wildman–Crippen MR) is 89.1 cm³/mol. The molecule has 0 saturated heterocycles. The third-order valence-corrected chi connectivity index (χ3v) is 5.26. The first-order valence-corrected chi connectivity index (χ1v) is 8.23. The molecule has 0 saturated carbocycles. The van der Waals surface area contributed by atoms with Crippen molar-refractivity contribution in [1.82, 2.24) is 4.90 Å². The normalized spacial score (nSPS) is 16.1. The Morgan fingerprint density at radius 3 is 2.95 bits per heavy atom. The van der Waals surface area contributed by atoms with Gasteiger partial charge in [0, 0.05) is 23.0 Å². The van der Waals surface area contributed by atoms with Crippen LogP contribution in [0.1, 0.15) is 22.0 Å². The van der Waals surface area contributed by atoms with E-state index in [0.717, 1.165) is 23.5 Å². The number of halogens is 1. The van der Waals surface area contributed by atoms with Crippen LogP contribution in [0.25, 0.3) is 0 Å². The molecule has 0 spiro atoms. The van der Waals surface area contributed by atoms with Crippen LogP contribution in [0.3, 0.4) is 0 Å². The van der Waals surface area contributed by atoms with Crippen molar-refractivity contribution in [1.29, 1.82) is 0 Å². The second-order valence-corrected chi connectivity index (χ2v) is 6.84. The largest absolute Gasteiger partial charge is 0.468 e. The minimum absolute atomic E-state index is 0.291. The van der Waals surface area contributed by atoms with Gasteiger partial charge in [-0.25, -0.2) is 4.79 Å². The van der Waals surface area contributed by atoms with Gasteiger partial charge in [0.2, 0.25) is 0 Å². The van der Waals surface area contributed by atoms with Gasteiger partial charge in [-0.1, -0.05) is 29.8 Å². The summed E-state index contributed by atoms with van der Waals surface area (Å²) in [6, 6.07) is 8.95. The lowest BCUT2D eigenvalue weighted by Crippen LogP contribution is -2.38. The Balaban J connectivity index is 1.94. The highest BCUT2D eigenvalue weighted by Crippen LogP contribution is 2.35. The first-order chi connectivity index (χ1) is 10.6. The number of hydrogen-bond acceptors (Lipinski definition) is 5. The smallest absolute Gasteiger partial charge is 0.327 e. The number of nitrogen functional groups attached to an aromatic ring is 1.